The largest absolute Gasteiger partial charge is 0.349 e. The van der Waals surface area contributed by atoms with Crippen molar-refractivity contribution in [2.75, 3.05) is 6.54 Å². The van der Waals surface area contributed by atoms with E-state index in [4.69, 9.17) is 11.6 Å². The SMILES string of the molecule is CC1CC(NC(=O)c2cc(Cl)ccc2[N+](=O)[O-])CCN1.Cl. The summed E-state index contributed by atoms with van der Waals surface area (Å²) in [7, 11) is 0. The van der Waals surface area contributed by atoms with Crippen molar-refractivity contribution in [3.05, 3.63) is 38.9 Å². The highest BCUT2D eigenvalue weighted by molar-refractivity contribution is 6.31. The van der Waals surface area contributed by atoms with Gasteiger partial charge >= 0.3 is 0 Å². The van der Waals surface area contributed by atoms with Crippen LogP contribution in [0, 0.1) is 10.1 Å². The van der Waals surface area contributed by atoms with Crippen molar-refractivity contribution in [1.29, 1.82) is 0 Å². The molecule has 2 rings (SSSR count). The minimum Gasteiger partial charge on any atom is -0.349 e. The number of rotatable bonds is 3. The maximum Gasteiger partial charge on any atom is 0.282 e. The van der Waals surface area contributed by atoms with Crippen molar-refractivity contribution in [3.63, 3.8) is 0 Å². The molecule has 2 unspecified atom stereocenters. The fourth-order valence-electron chi connectivity index (χ4n) is 2.38. The Kier molecular flexibility index (Phi) is 6.39. The minimum atomic E-state index is -0.573. The van der Waals surface area contributed by atoms with Gasteiger partial charge in [-0.2, -0.15) is 0 Å². The highest BCUT2D eigenvalue weighted by atomic mass is 35.5. The summed E-state index contributed by atoms with van der Waals surface area (Å²) in [6.45, 7) is 2.86. The van der Waals surface area contributed by atoms with Crippen LogP contribution in [0.5, 0.6) is 0 Å². The lowest BCUT2D eigenvalue weighted by molar-refractivity contribution is -0.385. The first kappa shape index (κ1) is 17.7. The number of benzene rings is 1. The summed E-state index contributed by atoms with van der Waals surface area (Å²) in [4.78, 5) is 22.6. The minimum absolute atomic E-state index is 0. The molecule has 1 aromatic carbocycles. The Morgan fingerprint density at radius 2 is 2.24 bits per heavy atom. The molecule has 2 N–H and O–H groups in total. The molecule has 0 saturated carbocycles. The molecular weight excluding hydrogens is 317 g/mol. The van der Waals surface area contributed by atoms with Gasteiger partial charge in [-0.25, -0.2) is 0 Å². The molecule has 6 nitrogen and oxygen atoms in total. The summed E-state index contributed by atoms with van der Waals surface area (Å²) in [5.41, 5.74) is -0.220. The number of nitrogens with zero attached hydrogens (tertiary/aromatic N) is 1. The number of nitro benzene ring substituents is 1. The first-order chi connectivity index (χ1) is 9.47. The van der Waals surface area contributed by atoms with Gasteiger partial charge in [-0.05, 0) is 38.4 Å². The van der Waals surface area contributed by atoms with Crippen molar-refractivity contribution in [2.45, 2.75) is 31.8 Å². The summed E-state index contributed by atoms with van der Waals surface area (Å²) in [6.07, 6.45) is 1.62. The number of nitro groups is 1. The van der Waals surface area contributed by atoms with E-state index in [9.17, 15) is 14.9 Å². The van der Waals surface area contributed by atoms with Gasteiger partial charge in [-0.3, -0.25) is 14.9 Å². The van der Waals surface area contributed by atoms with E-state index in [1.54, 1.807) is 0 Å². The third-order valence-electron chi connectivity index (χ3n) is 3.36. The number of hydrogen-bond donors (Lipinski definition) is 2. The number of piperidine rings is 1. The van der Waals surface area contributed by atoms with Gasteiger partial charge in [0, 0.05) is 23.2 Å². The number of amides is 1. The highest BCUT2D eigenvalue weighted by Gasteiger charge is 2.25. The molecule has 1 aromatic rings. The maximum absolute atomic E-state index is 12.2. The molecule has 0 aliphatic carbocycles. The van der Waals surface area contributed by atoms with Crippen LogP contribution in [0.15, 0.2) is 18.2 Å². The molecule has 2 atom stereocenters. The maximum atomic E-state index is 12.2. The zero-order valence-corrected chi connectivity index (χ0v) is 13.0. The molecule has 0 radical (unpaired) electrons. The number of nitrogens with one attached hydrogen (secondary N) is 2. The standard InChI is InChI=1S/C13H16ClN3O3.ClH/c1-8-6-10(4-5-15-8)16-13(18)11-7-9(14)2-3-12(11)17(19)20;/h2-3,7-8,10,15H,4-6H2,1H3,(H,16,18);1H. The fraction of sp³-hybridized carbons (Fsp3) is 0.462. The second kappa shape index (κ2) is 7.59. The predicted molar refractivity (Wildman–Crippen MR) is 83.3 cm³/mol. The lowest BCUT2D eigenvalue weighted by Gasteiger charge is -2.28. The molecule has 1 aliphatic heterocycles. The number of hydrogen-bond acceptors (Lipinski definition) is 4. The number of carbonyl (C=O) groups is 1. The predicted octanol–water partition coefficient (Wildman–Crippen LogP) is 2.54. The third kappa shape index (κ3) is 4.56. The van der Waals surface area contributed by atoms with Gasteiger partial charge in [0.1, 0.15) is 5.56 Å². The van der Waals surface area contributed by atoms with Crippen LogP contribution in [0.1, 0.15) is 30.1 Å². The fourth-order valence-corrected chi connectivity index (χ4v) is 2.55. The van der Waals surface area contributed by atoms with E-state index in [2.05, 4.69) is 10.6 Å². The molecule has 8 heteroatoms. The van der Waals surface area contributed by atoms with Crippen LogP contribution in [0.4, 0.5) is 5.69 Å². The monoisotopic (exact) mass is 333 g/mol. The molecule has 21 heavy (non-hydrogen) atoms. The van der Waals surface area contributed by atoms with Gasteiger partial charge in [0.2, 0.25) is 0 Å². The zero-order valence-electron chi connectivity index (χ0n) is 11.5. The topological polar surface area (TPSA) is 84.3 Å². The average molecular weight is 334 g/mol. The Balaban J connectivity index is 0.00000220. The Labute approximate surface area is 133 Å². The summed E-state index contributed by atoms with van der Waals surface area (Å²) in [5.74, 6) is -0.446. The van der Waals surface area contributed by atoms with Gasteiger partial charge in [-0.15, -0.1) is 12.4 Å². The summed E-state index contributed by atoms with van der Waals surface area (Å²) < 4.78 is 0. The van der Waals surface area contributed by atoms with E-state index in [1.165, 1.54) is 18.2 Å². The molecule has 0 bridgehead atoms. The normalized spacial score (nSPS) is 21.2. The molecule has 1 amide bonds. The van der Waals surface area contributed by atoms with E-state index < -0.39 is 10.8 Å². The van der Waals surface area contributed by atoms with Crippen LogP contribution in [0.25, 0.3) is 0 Å². The van der Waals surface area contributed by atoms with Crippen LogP contribution in [0.3, 0.4) is 0 Å². The number of carbonyl (C=O) groups excluding carboxylic acids is 1. The van der Waals surface area contributed by atoms with Crippen molar-refractivity contribution in [1.82, 2.24) is 10.6 Å². The smallest absolute Gasteiger partial charge is 0.282 e. The Hall–Kier alpha value is -1.37. The van der Waals surface area contributed by atoms with Gasteiger partial charge in [0.05, 0.1) is 4.92 Å². The highest BCUT2D eigenvalue weighted by Crippen LogP contribution is 2.23. The van der Waals surface area contributed by atoms with Gasteiger partial charge < -0.3 is 10.6 Å². The van der Waals surface area contributed by atoms with Crippen molar-refractivity contribution >= 4 is 35.6 Å². The number of halogens is 2. The van der Waals surface area contributed by atoms with Crippen molar-refractivity contribution in [3.8, 4) is 0 Å². The lowest BCUT2D eigenvalue weighted by Crippen LogP contribution is -2.46. The Morgan fingerprint density at radius 1 is 1.52 bits per heavy atom. The van der Waals surface area contributed by atoms with Crippen LogP contribution in [0.2, 0.25) is 5.02 Å². The lowest BCUT2D eigenvalue weighted by atomic mass is 10.00. The van der Waals surface area contributed by atoms with Crippen LogP contribution in [-0.2, 0) is 0 Å². The molecule has 116 valence electrons. The van der Waals surface area contributed by atoms with Crippen LogP contribution < -0.4 is 10.6 Å². The average Bonchev–Trinajstić information content (AvgIpc) is 2.38. The molecule has 1 aliphatic rings. The van der Waals surface area contributed by atoms with E-state index in [0.717, 1.165) is 19.4 Å². The van der Waals surface area contributed by atoms with E-state index in [1.807, 2.05) is 6.92 Å². The van der Waals surface area contributed by atoms with Crippen LogP contribution in [-0.4, -0.2) is 29.5 Å². The molecule has 1 saturated heterocycles. The second-order valence-corrected chi connectivity index (χ2v) is 5.40. The van der Waals surface area contributed by atoms with E-state index in [0.29, 0.717) is 11.1 Å². The zero-order chi connectivity index (χ0) is 14.7. The second-order valence-electron chi connectivity index (χ2n) is 4.97. The molecule has 0 spiro atoms. The molecular formula is C13H17Cl2N3O3. The Bertz CT molecular complexity index is 539. The van der Waals surface area contributed by atoms with E-state index >= 15 is 0 Å². The molecule has 0 aromatic heterocycles. The third-order valence-corrected chi connectivity index (χ3v) is 3.59. The first-order valence-electron chi connectivity index (χ1n) is 6.45. The quantitative estimate of drug-likeness (QED) is 0.657. The van der Waals surface area contributed by atoms with Crippen molar-refractivity contribution in [2.24, 2.45) is 0 Å². The molecule has 1 heterocycles. The van der Waals surface area contributed by atoms with Crippen LogP contribution >= 0.6 is 24.0 Å². The van der Waals surface area contributed by atoms with Gasteiger partial charge in [0.25, 0.3) is 11.6 Å². The Morgan fingerprint density at radius 3 is 2.86 bits per heavy atom. The van der Waals surface area contributed by atoms with Crippen molar-refractivity contribution < 1.29 is 9.72 Å². The van der Waals surface area contributed by atoms with Gasteiger partial charge in [-0.1, -0.05) is 11.6 Å². The summed E-state index contributed by atoms with van der Waals surface area (Å²) in [5, 5.41) is 17.4. The summed E-state index contributed by atoms with van der Waals surface area (Å²) >= 11 is 5.82. The molecule has 1 fully saturated rings. The summed E-state index contributed by atoms with van der Waals surface area (Å²) in [6, 6.07) is 4.34. The van der Waals surface area contributed by atoms with Gasteiger partial charge in [0.15, 0.2) is 0 Å². The van der Waals surface area contributed by atoms with E-state index in [-0.39, 0.29) is 29.7 Å². The first-order valence-corrected chi connectivity index (χ1v) is 6.83.